The van der Waals surface area contributed by atoms with Gasteiger partial charge in [0, 0.05) is 22.2 Å². The Morgan fingerprint density at radius 1 is 1.42 bits per heavy atom. The van der Waals surface area contributed by atoms with Crippen molar-refractivity contribution in [2.75, 3.05) is 5.75 Å². The van der Waals surface area contributed by atoms with E-state index in [0.717, 1.165) is 23.9 Å². The van der Waals surface area contributed by atoms with Gasteiger partial charge in [-0.25, -0.2) is 4.79 Å². The van der Waals surface area contributed by atoms with Crippen LogP contribution in [0.4, 0.5) is 0 Å². The second-order valence-corrected chi connectivity index (χ2v) is 7.37. The van der Waals surface area contributed by atoms with E-state index in [4.69, 9.17) is 10.8 Å². The molecular formula is C20H21NO2S. The molecule has 4 heteroatoms. The molecule has 1 aromatic carbocycles. The van der Waals surface area contributed by atoms with Gasteiger partial charge in [0.05, 0.1) is 5.57 Å². The molecule has 0 unspecified atom stereocenters. The van der Waals surface area contributed by atoms with E-state index < -0.39 is 5.97 Å². The van der Waals surface area contributed by atoms with Crippen LogP contribution >= 0.6 is 11.8 Å². The van der Waals surface area contributed by atoms with Crippen molar-refractivity contribution in [2.45, 2.75) is 30.6 Å². The molecule has 3 N–H and O–H groups in total. The van der Waals surface area contributed by atoms with Crippen LogP contribution in [-0.2, 0) is 10.2 Å². The molecule has 0 saturated carbocycles. The van der Waals surface area contributed by atoms with Gasteiger partial charge in [0.2, 0.25) is 0 Å². The van der Waals surface area contributed by atoms with E-state index in [0.29, 0.717) is 5.57 Å². The van der Waals surface area contributed by atoms with Gasteiger partial charge in [0.1, 0.15) is 0 Å². The summed E-state index contributed by atoms with van der Waals surface area (Å²) in [7, 11) is 0. The standard InChI is InChI=1S/C20H21NO2S/c1-14(5-8-16(13-21)19(22)23)4-6-15-7-9-18-17(12-15)20(2,3)10-11-24-18/h5,7-9,12-13H,1,10-11,21H2,2-3H3,(H,22,23)/b8-5-,16-13+. The van der Waals surface area contributed by atoms with E-state index in [2.05, 4.69) is 44.4 Å². The van der Waals surface area contributed by atoms with Crippen LogP contribution in [0, 0.1) is 11.8 Å². The van der Waals surface area contributed by atoms with E-state index >= 15 is 0 Å². The molecule has 0 amide bonds. The van der Waals surface area contributed by atoms with E-state index in [1.807, 2.05) is 17.8 Å². The van der Waals surface area contributed by atoms with E-state index in [9.17, 15) is 4.79 Å². The molecule has 1 aliphatic rings. The molecule has 0 bridgehead atoms. The van der Waals surface area contributed by atoms with Gasteiger partial charge in [-0.1, -0.05) is 32.3 Å². The van der Waals surface area contributed by atoms with Gasteiger partial charge in [-0.3, -0.25) is 0 Å². The first-order chi connectivity index (χ1) is 11.3. The van der Waals surface area contributed by atoms with Gasteiger partial charge in [-0.05, 0) is 53.5 Å². The number of carbonyl (C=O) groups is 1. The first-order valence-corrected chi connectivity index (χ1v) is 8.63. The van der Waals surface area contributed by atoms with Gasteiger partial charge >= 0.3 is 5.97 Å². The Hall–Kier alpha value is -2.38. The number of aliphatic carboxylic acids is 1. The number of hydrogen-bond acceptors (Lipinski definition) is 3. The topological polar surface area (TPSA) is 63.3 Å². The summed E-state index contributed by atoms with van der Waals surface area (Å²) in [5.41, 5.74) is 8.23. The molecule has 0 radical (unpaired) electrons. The monoisotopic (exact) mass is 339 g/mol. The maximum Gasteiger partial charge on any atom is 0.337 e. The SMILES string of the molecule is C=C(C#Cc1ccc2c(c1)C(C)(C)CCS2)/C=C\C(=C/N)C(=O)O. The van der Waals surface area contributed by atoms with Crippen LogP contribution in [0.5, 0.6) is 0 Å². The van der Waals surface area contributed by atoms with Crippen LogP contribution in [0.1, 0.15) is 31.4 Å². The van der Waals surface area contributed by atoms with Crippen molar-refractivity contribution in [3.63, 3.8) is 0 Å². The van der Waals surface area contributed by atoms with Gasteiger partial charge < -0.3 is 10.8 Å². The molecule has 124 valence electrons. The largest absolute Gasteiger partial charge is 0.478 e. The number of fused-ring (bicyclic) bond motifs is 1. The highest BCUT2D eigenvalue weighted by atomic mass is 32.2. The lowest BCUT2D eigenvalue weighted by Crippen LogP contribution is -2.22. The number of hydrogen-bond donors (Lipinski definition) is 2. The predicted molar refractivity (Wildman–Crippen MR) is 99.9 cm³/mol. The molecular weight excluding hydrogens is 318 g/mol. The molecule has 2 rings (SSSR count). The third-order valence-electron chi connectivity index (χ3n) is 3.95. The molecule has 0 atom stereocenters. The van der Waals surface area contributed by atoms with Gasteiger partial charge in [0.15, 0.2) is 0 Å². The minimum atomic E-state index is -1.08. The Morgan fingerprint density at radius 3 is 2.83 bits per heavy atom. The van der Waals surface area contributed by atoms with Crippen molar-refractivity contribution >= 4 is 17.7 Å². The van der Waals surface area contributed by atoms with Crippen molar-refractivity contribution in [1.29, 1.82) is 0 Å². The van der Waals surface area contributed by atoms with E-state index in [-0.39, 0.29) is 11.0 Å². The maximum absolute atomic E-state index is 10.9. The Kier molecular flexibility index (Phi) is 5.58. The lowest BCUT2D eigenvalue weighted by Gasteiger charge is -2.32. The summed E-state index contributed by atoms with van der Waals surface area (Å²) < 4.78 is 0. The summed E-state index contributed by atoms with van der Waals surface area (Å²) in [6.45, 7) is 8.35. The predicted octanol–water partition coefficient (Wildman–Crippen LogP) is 3.85. The number of rotatable bonds is 3. The van der Waals surface area contributed by atoms with Crippen LogP contribution in [-0.4, -0.2) is 16.8 Å². The molecule has 0 aliphatic carbocycles. The van der Waals surface area contributed by atoms with Crippen LogP contribution in [0.25, 0.3) is 0 Å². The van der Waals surface area contributed by atoms with Gasteiger partial charge in [-0.15, -0.1) is 11.8 Å². The minimum Gasteiger partial charge on any atom is -0.478 e. The molecule has 1 heterocycles. The van der Waals surface area contributed by atoms with Crippen molar-refractivity contribution < 1.29 is 9.90 Å². The van der Waals surface area contributed by atoms with Crippen molar-refractivity contribution in [2.24, 2.45) is 5.73 Å². The molecule has 0 spiro atoms. The fourth-order valence-corrected chi connectivity index (χ4v) is 3.88. The first kappa shape index (κ1) is 18.0. The van der Waals surface area contributed by atoms with Crippen molar-refractivity contribution in [3.8, 4) is 11.8 Å². The lowest BCUT2D eigenvalue weighted by atomic mass is 9.81. The summed E-state index contributed by atoms with van der Waals surface area (Å²) in [5.74, 6) is 6.11. The number of allylic oxidation sites excluding steroid dienone is 2. The molecule has 24 heavy (non-hydrogen) atoms. The zero-order chi connectivity index (χ0) is 17.7. The fourth-order valence-electron chi connectivity index (χ4n) is 2.40. The first-order valence-electron chi connectivity index (χ1n) is 7.65. The summed E-state index contributed by atoms with van der Waals surface area (Å²) in [5, 5.41) is 8.89. The Bertz CT molecular complexity index is 792. The Morgan fingerprint density at radius 2 is 2.17 bits per heavy atom. The molecule has 3 nitrogen and oxygen atoms in total. The quantitative estimate of drug-likeness (QED) is 0.499. The summed E-state index contributed by atoms with van der Waals surface area (Å²) >= 11 is 1.89. The zero-order valence-electron chi connectivity index (χ0n) is 13.9. The second-order valence-electron chi connectivity index (χ2n) is 6.23. The van der Waals surface area contributed by atoms with E-state index in [1.165, 1.54) is 16.5 Å². The van der Waals surface area contributed by atoms with Gasteiger partial charge in [-0.2, -0.15) is 0 Å². The van der Waals surface area contributed by atoms with Crippen molar-refractivity contribution in [1.82, 2.24) is 0 Å². The number of benzene rings is 1. The highest BCUT2D eigenvalue weighted by molar-refractivity contribution is 7.99. The highest BCUT2D eigenvalue weighted by Crippen LogP contribution is 2.41. The molecule has 1 aliphatic heterocycles. The normalized spacial score (nSPS) is 16.2. The van der Waals surface area contributed by atoms with Crippen LogP contribution < -0.4 is 5.73 Å². The summed E-state index contributed by atoms with van der Waals surface area (Å²) in [4.78, 5) is 12.2. The zero-order valence-corrected chi connectivity index (χ0v) is 14.7. The molecule has 1 aromatic rings. The van der Waals surface area contributed by atoms with Crippen LogP contribution in [0.15, 0.2) is 59.2 Å². The molecule has 0 fully saturated rings. The number of nitrogens with two attached hydrogens (primary N) is 1. The number of carboxylic acid groups (broad SMARTS) is 1. The number of carboxylic acids is 1. The van der Waals surface area contributed by atoms with Crippen molar-refractivity contribution in [3.05, 3.63) is 65.4 Å². The average Bonchev–Trinajstić information content (AvgIpc) is 2.53. The summed E-state index contributed by atoms with van der Waals surface area (Å²) in [6.07, 6.45) is 5.15. The third-order valence-corrected chi connectivity index (χ3v) is 5.03. The maximum atomic E-state index is 10.9. The second kappa shape index (κ2) is 7.46. The van der Waals surface area contributed by atoms with Crippen LogP contribution in [0.2, 0.25) is 0 Å². The Labute approximate surface area is 147 Å². The average molecular weight is 339 g/mol. The highest BCUT2D eigenvalue weighted by Gasteiger charge is 2.27. The molecule has 0 saturated heterocycles. The van der Waals surface area contributed by atoms with Crippen LogP contribution in [0.3, 0.4) is 0 Å². The Balaban J connectivity index is 2.18. The fraction of sp³-hybridized carbons (Fsp3) is 0.250. The smallest absolute Gasteiger partial charge is 0.337 e. The number of thioether (sulfide) groups is 1. The summed E-state index contributed by atoms with van der Waals surface area (Å²) in [6, 6.07) is 6.29. The van der Waals surface area contributed by atoms with Gasteiger partial charge in [0.25, 0.3) is 0 Å². The lowest BCUT2D eigenvalue weighted by molar-refractivity contribution is -0.132. The van der Waals surface area contributed by atoms with E-state index in [1.54, 1.807) is 6.08 Å². The third kappa shape index (κ3) is 4.33. The molecule has 0 aromatic heterocycles. The minimum absolute atomic E-state index is 0.00510.